The van der Waals surface area contributed by atoms with E-state index in [1.807, 2.05) is 24.3 Å². The number of rotatable bonds is 4. The molecule has 0 spiro atoms. The Balaban J connectivity index is 1.82. The Bertz CT molecular complexity index is 754. The lowest BCUT2D eigenvalue weighted by molar-refractivity contribution is -0.137. The van der Waals surface area contributed by atoms with Gasteiger partial charge in [0, 0.05) is 12.2 Å². The minimum atomic E-state index is -0.821. The zero-order valence-electron chi connectivity index (χ0n) is 13.2. The van der Waals surface area contributed by atoms with E-state index in [0.29, 0.717) is 13.0 Å². The molecule has 124 valence electrons. The summed E-state index contributed by atoms with van der Waals surface area (Å²) in [5.41, 5.74) is 2.56. The van der Waals surface area contributed by atoms with Crippen LogP contribution in [0.4, 0.5) is 5.69 Å². The van der Waals surface area contributed by atoms with Gasteiger partial charge < -0.3 is 15.1 Å². The first-order valence-electron chi connectivity index (χ1n) is 7.93. The van der Waals surface area contributed by atoms with Crippen LogP contribution in [0.3, 0.4) is 0 Å². The van der Waals surface area contributed by atoms with Crippen LogP contribution < -0.4 is 4.90 Å². The van der Waals surface area contributed by atoms with E-state index in [0.717, 1.165) is 16.8 Å². The van der Waals surface area contributed by atoms with E-state index in [1.54, 1.807) is 29.2 Å². The second-order valence-electron chi connectivity index (χ2n) is 6.03. The smallest absolute Gasteiger partial charge is 0.303 e. The van der Waals surface area contributed by atoms with Gasteiger partial charge in [-0.25, -0.2) is 0 Å². The predicted molar refractivity (Wildman–Crippen MR) is 90.2 cm³/mol. The molecule has 1 heterocycles. The third kappa shape index (κ3) is 3.40. The molecule has 1 aliphatic rings. The van der Waals surface area contributed by atoms with Gasteiger partial charge in [-0.15, -0.1) is 0 Å². The number of aliphatic carboxylic acids is 1. The minimum absolute atomic E-state index is 0.0260. The summed E-state index contributed by atoms with van der Waals surface area (Å²) in [6.07, 6.45) is 0.972. The standard InChI is InChI=1S/C19H19NO4/c21-15-7-5-13(6-8-15)11-18(22)20-10-9-14(12-19(23)24)16-3-1-2-4-17(16)20/h1-8,14,21H,9-12H2,(H,23,24). The fourth-order valence-corrected chi connectivity index (χ4v) is 3.21. The second kappa shape index (κ2) is 6.74. The number of carbonyl (C=O) groups excluding carboxylic acids is 1. The SMILES string of the molecule is O=C(O)CC1CCN(C(=O)Cc2ccc(O)cc2)c2ccccc21. The molecule has 1 unspecified atom stereocenters. The lowest BCUT2D eigenvalue weighted by Gasteiger charge is -2.34. The molecule has 2 aromatic carbocycles. The fraction of sp³-hybridized carbons (Fsp3) is 0.263. The Labute approximate surface area is 140 Å². The van der Waals surface area contributed by atoms with E-state index < -0.39 is 5.97 Å². The van der Waals surface area contributed by atoms with E-state index in [2.05, 4.69) is 0 Å². The van der Waals surface area contributed by atoms with Crippen LogP contribution in [0.1, 0.15) is 29.9 Å². The number of carbonyl (C=O) groups is 2. The number of anilines is 1. The van der Waals surface area contributed by atoms with Crippen molar-refractivity contribution in [3.05, 3.63) is 59.7 Å². The molecule has 5 nitrogen and oxygen atoms in total. The lowest BCUT2D eigenvalue weighted by Crippen LogP contribution is -2.38. The number of hydrogen-bond donors (Lipinski definition) is 2. The molecular formula is C19H19NO4. The van der Waals surface area contributed by atoms with Crippen molar-refractivity contribution in [1.29, 1.82) is 0 Å². The van der Waals surface area contributed by atoms with Gasteiger partial charge in [0.2, 0.25) is 5.91 Å². The van der Waals surface area contributed by atoms with Gasteiger partial charge in [-0.05, 0) is 41.7 Å². The number of amides is 1. The highest BCUT2D eigenvalue weighted by atomic mass is 16.4. The number of para-hydroxylation sites is 1. The summed E-state index contributed by atoms with van der Waals surface area (Å²) < 4.78 is 0. The molecule has 1 aliphatic heterocycles. The molecular weight excluding hydrogens is 306 g/mol. The molecule has 0 saturated heterocycles. The summed E-state index contributed by atoms with van der Waals surface area (Å²) in [6.45, 7) is 0.520. The molecule has 0 saturated carbocycles. The topological polar surface area (TPSA) is 77.8 Å². The highest BCUT2D eigenvalue weighted by molar-refractivity contribution is 5.96. The molecule has 1 atom stereocenters. The molecule has 24 heavy (non-hydrogen) atoms. The molecule has 5 heteroatoms. The molecule has 0 aromatic heterocycles. The zero-order valence-corrected chi connectivity index (χ0v) is 13.2. The Hall–Kier alpha value is -2.82. The molecule has 1 amide bonds. The lowest BCUT2D eigenvalue weighted by atomic mass is 9.87. The van der Waals surface area contributed by atoms with Crippen molar-refractivity contribution in [2.45, 2.75) is 25.2 Å². The quantitative estimate of drug-likeness (QED) is 0.906. The molecule has 0 radical (unpaired) electrons. The van der Waals surface area contributed by atoms with Crippen molar-refractivity contribution >= 4 is 17.6 Å². The van der Waals surface area contributed by atoms with Crippen LogP contribution in [0, 0.1) is 0 Å². The number of aromatic hydroxyl groups is 1. The molecule has 0 fully saturated rings. The Kier molecular flexibility index (Phi) is 4.51. The molecule has 0 bridgehead atoms. The Morgan fingerprint density at radius 3 is 2.50 bits per heavy atom. The van der Waals surface area contributed by atoms with Crippen molar-refractivity contribution in [3.8, 4) is 5.75 Å². The van der Waals surface area contributed by atoms with Crippen LogP contribution in [-0.4, -0.2) is 28.6 Å². The van der Waals surface area contributed by atoms with Crippen molar-refractivity contribution in [1.82, 2.24) is 0 Å². The van der Waals surface area contributed by atoms with E-state index in [-0.39, 0.29) is 30.4 Å². The number of carboxylic acids is 1. The summed E-state index contributed by atoms with van der Waals surface area (Å²) in [4.78, 5) is 25.5. The van der Waals surface area contributed by atoms with Gasteiger partial charge in [-0.3, -0.25) is 9.59 Å². The Morgan fingerprint density at radius 1 is 1.08 bits per heavy atom. The molecule has 2 aromatic rings. The zero-order chi connectivity index (χ0) is 17.1. The van der Waals surface area contributed by atoms with Gasteiger partial charge in [-0.2, -0.15) is 0 Å². The molecule has 3 rings (SSSR count). The second-order valence-corrected chi connectivity index (χ2v) is 6.03. The molecule has 2 N–H and O–H groups in total. The number of phenolic OH excluding ortho intramolecular Hbond substituents is 1. The van der Waals surface area contributed by atoms with Gasteiger partial charge in [-0.1, -0.05) is 30.3 Å². The largest absolute Gasteiger partial charge is 0.508 e. The van der Waals surface area contributed by atoms with E-state index in [4.69, 9.17) is 5.11 Å². The molecule has 0 aliphatic carbocycles. The Morgan fingerprint density at radius 2 is 1.79 bits per heavy atom. The van der Waals surface area contributed by atoms with Crippen LogP contribution in [0.15, 0.2) is 48.5 Å². The van der Waals surface area contributed by atoms with Crippen LogP contribution in [0.2, 0.25) is 0 Å². The number of fused-ring (bicyclic) bond motifs is 1. The summed E-state index contributed by atoms with van der Waals surface area (Å²) in [7, 11) is 0. The van der Waals surface area contributed by atoms with Gasteiger partial charge in [0.05, 0.1) is 12.8 Å². The highest BCUT2D eigenvalue weighted by Gasteiger charge is 2.29. The third-order valence-electron chi connectivity index (χ3n) is 4.38. The maximum Gasteiger partial charge on any atom is 0.303 e. The number of nitrogens with zero attached hydrogens (tertiary/aromatic N) is 1. The van der Waals surface area contributed by atoms with Crippen LogP contribution >= 0.6 is 0 Å². The van der Waals surface area contributed by atoms with Crippen molar-refractivity contribution in [3.63, 3.8) is 0 Å². The number of phenols is 1. The minimum Gasteiger partial charge on any atom is -0.508 e. The average molecular weight is 325 g/mol. The summed E-state index contributed by atoms with van der Waals surface area (Å²) in [5.74, 6) is -0.733. The maximum absolute atomic E-state index is 12.7. The normalized spacial score (nSPS) is 16.5. The van der Waals surface area contributed by atoms with Crippen molar-refractivity contribution in [2.24, 2.45) is 0 Å². The van der Waals surface area contributed by atoms with Crippen molar-refractivity contribution in [2.75, 3.05) is 11.4 Å². The van der Waals surface area contributed by atoms with E-state index >= 15 is 0 Å². The highest BCUT2D eigenvalue weighted by Crippen LogP contribution is 2.37. The fourth-order valence-electron chi connectivity index (χ4n) is 3.21. The van der Waals surface area contributed by atoms with Crippen LogP contribution in [0.25, 0.3) is 0 Å². The maximum atomic E-state index is 12.7. The summed E-state index contributed by atoms with van der Waals surface area (Å²) in [6, 6.07) is 14.1. The third-order valence-corrected chi connectivity index (χ3v) is 4.38. The summed E-state index contributed by atoms with van der Waals surface area (Å²) in [5, 5.41) is 18.4. The van der Waals surface area contributed by atoms with Crippen LogP contribution in [0.5, 0.6) is 5.75 Å². The van der Waals surface area contributed by atoms with Gasteiger partial charge in [0.15, 0.2) is 0 Å². The summed E-state index contributed by atoms with van der Waals surface area (Å²) >= 11 is 0. The van der Waals surface area contributed by atoms with Gasteiger partial charge in [0.25, 0.3) is 0 Å². The number of carboxylic acid groups (broad SMARTS) is 1. The first-order valence-corrected chi connectivity index (χ1v) is 7.93. The first kappa shape index (κ1) is 16.1. The van der Waals surface area contributed by atoms with E-state index in [9.17, 15) is 14.7 Å². The average Bonchev–Trinajstić information content (AvgIpc) is 2.57. The number of hydrogen-bond acceptors (Lipinski definition) is 3. The van der Waals surface area contributed by atoms with Gasteiger partial charge >= 0.3 is 5.97 Å². The monoisotopic (exact) mass is 325 g/mol. The van der Waals surface area contributed by atoms with Crippen LogP contribution in [-0.2, 0) is 16.0 Å². The predicted octanol–water partition coefficient (Wildman–Crippen LogP) is 2.93. The van der Waals surface area contributed by atoms with E-state index in [1.165, 1.54) is 0 Å². The first-order chi connectivity index (χ1) is 11.5. The van der Waals surface area contributed by atoms with Crippen molar-refractivity contribution < 1.29 is 19.8 Å². The number of benzene rings is 2. The van der Waals surface area contributed by atoms with Gasteiger partial charge in [0.1, 0.15) is 5.75 Å².